The molecule has 1 amide bonds. The van der Waals surface area contributed by atoms with Crippen molar-refractivity contribution >= 4 is 23.3 Å². The Labute approximate surface area is 154 Å². The summed E-state index contributed by atoms with van der Waals surface area (Å²) in [4.78, 5) is 34.6. The van der Waals surface area contributed by atoms with E-state index in [1.54, 1.807) is 0 Å². The molecule has 1 unspecified atom stereocenters. The minimum absolute atomic E-state index is 0.0815. The number of esters is 1. The number of carbonyl (C=O) groups is 2. The van der Waals surface area contributed by atoms with E-state index in [1.165, 1.54) is 50.4 Å². The summed E-state index contributed by atoms with van der Waals surface area (Å²) in [5.41, 5.74) is 0.419. The molecular formula is C18H15N3O6. The summed E-state index contributed by atoms with van der Waals surface area (Å²) in [6.45, 7) is 1.36. The fraction of sp³-hybridized carbons (Fsp3) is 0.167. The maximum atomic E-state index is 12.3. The molecule has 0 saturated carbocycles. The van der Waals surface area contributed by atoms with E-state index < -0.39 is 22.9 Å². The minimum Gasteiger partial charge on any atom is -0.495 e. The van der Waals surface area contributed by atoms with Crippen molar-refractivity contribution in [3.05, 3.63) is 63.7 Å². The molecule has 0 spiro atoms. The van der Waals surface area contributed by atoms with Gasteiger partial charge >= 0.3 is 5.97 Å². The number of rotatable bonds is 6. The van der Waals surface area contributed by atoms with Gasteiger partial charge < -0.3 is 14.8 Å². The van der Waals surface area contributed by atoms with E-state index in [4.69, 9.17) is 14.7 Å². The van der Waals surface area contributed by atoms with Crippen LogP contribution in [-0.4, -0.2) is 30.0 Å². The number of nitro benzene ring substituents is 1. The third kappa shape index (κ3) is 4.79. The molecular weight excluding hydrogens is 354 g/mol. The van der Waals surface area contributed by atoms with Crippen molar-refractivity contribution in [1.29, 1.82) is 5.26 Å². The number of hydrogen-bond acceptors (Lipinski definition) is 7. The number of methoxy groups -OCH3 is 1. The Bertz CT molecular complexity index is 918. The van der Waals surface area contributed by atoms with Crippen LogP contribution in [0.5, 0.6) is 5.75 Å². The fourth-order valence-corrected chi connectivity index (χ4v) is 2.10. The molecule has 27 heavy (non-hydrogen) atoms. The molecule has 2 rings (SSSR count). The van der Waals surface area contributed by atoms with Crippen LogP contribution in [-0.2, 0) is 9.53 Å². The lowest BCUT2D eigenvalue weighted by Crippen LogP contribution is -2.30. The van der Waals surface area contributed by atoms with Crippen LogP contribution < -0.4 is 10.1 Å². The van der Waals surface area contributed by atoms with Crippen molar-refractivity contribution in [2.75, 3.05) is 12.4 Å². The Balaban J connectivity index is 2.09. The molecule has 0 fully saturated rings. The van der Waals surface area contributed by atoms with Crippen LogP contribution in [0.1, 0.15) is 22.8 Å². The molecule has 2 aromatic carbocycles. The van der Waals surface area contributed by atoms with E-state index in [1.807, 2.05) is 6.07 Å². The second kappa shape index (κ2) is 8.44. The fourth-order valence-electron chi connectivity index (χ4n) is 2.10. The van der Waals surface area contributed by atoms with Crippen LogP contribution in [0, 0.1) is 21.4 Å². The quantitative estimate of drug-likeness (QED) is 0.470. The summed E-state index contributed by atoms with van der Waals surface area (Å²) < 4.78 is 10.1. The number of nitrogens with zero attached hydrogens (tertiary/aromatic N) is 2. The number of non-ortho nitro benzene ring substituents is 1. The van der Waals surface area contributed by atoms with Crippen LogP contribution in [0.25, 0.3) is 0 Å². The maximum Gasteiger partial charge on any atom is 0.338 e. The van der Waals surface area contributed by atoms with Crippen LogP contribution in [0.4, 0.5) is 11.4 Å². The Morgan fingerprint density at radius 2 is 1.89 bits per heavy atom. The standard InChI is InChI=1S/C18H15N3O6/c1-11(27-18(23)13-5-3-12(10-19)4-6-13)17(22)20-15-9-14(21(24)25)7-8-16(15)26-2/h3-9,11H,1-2H3,(H,20,22). The first-order chi connectivity index (χ1) is 12.8. The summed E-state index contributed by atoms with van der Waals surface area (Å²) in [5, 5.41) is 22.1. The molecule has 138 valence electrons. The summed E-state index contributed by atoms with van der Waals surface area (Å²) in [6, 6.07) is 11.4. The number of hydrogen-bond donors (Lipinski definition) is 1. The van der Waals surface area contributed by atoms with Gasteiger partial charge in [0, 0.05) is 12.1 Å². The Kier molecular flexibility index (Phi) is 6.06. The number of nitriles is 1. The van der Waals surface area contributed by atoms with Crippen LogP contribution in [0.15, 0.2) is 42.5 Å². The molecule has 0 bridgehead atoms. The predicted octanol–water partition coefficient (Wildman–Crippen LogP) is 2.66. The van der Waals surface area contributed by atoms with Gasteiger partial charge in [-0.25, -0.2) is 4.79 Å². The van der Waals surface area contributed by atoms with Crippen LogP contribution >= 0.6 is 0 Å². The summed E-state index contributed by atoms with van der Waals surface area (Å²) in [5.74, 6) is -1.21. The third-order valence-corrected chi connectivity index (χ3v) is 3.55. The lowest BCUT2D eigenvalue weighted by Gasteiger charge is -2.15. The highest BCUT2D eigenvalue weighted by Gasteiger charge is 2.21. The topological polar surface area (TPSA) is 132 Å². The molecule has 9 heteroatoms. The number of carbonyl (C=O) groups excluding carboxylic acids is 2. The predicted molar refractivity (Wildman–Crippen MR) is 94.3 cm³/mol. The Morgan fingerprint density at radius 1 is 1.22 bits per heavy atom. The van der Waals surface area contributed by atoms with Crippen molar-refractivity contribution in [2.45, 2.75) is 13.0 Å². The minimum atomic E-state index is -1.17. The van der Waals surface area contributed by atoms with Crippen LogP contribution in [0.2, 0.25) is 0 Å². The largest absolute Gasteiger partial charge is 0.495 e. The average molecular weight is 369 g/mol. The zero-order valence-electron chi connectivity index (χ0n) is 14.5. The van der Waals surface area contributed by atoms with Gasteiger partial charge in [0.05, 0.1) is 34.9 Å². The molecule has 0 aliphatic heterocycles. The highest BCUT2D eigenvalue weighted by molar-refractivity contribution is 5.98. The number of nitrogens with one attached hydrogen (secondary N) is 1. The number of anilines is 1. The summed E-state index contributed by atoms with van der Waals surface area (Å²) in [7, 11) is 1.35. The molecule has 0 heterocycles. The average Bonchev–Trinajstić information content (AvgIpc) is 2.67. The lowest BCUT2D eigenvalue weighted by molar-refractivity contribution is -0.384. The van der Waals surface area contributed by atoms with Crippen molar-refractivity contribution in [3.8, 4) is 11.8 Å². The first-order valence-corrected chi connectivity index (χ1v) is 7.70. The lowest BCUT2D eigenvalue weighted by atomic mass is 10.1. The van der Waals surface area contributed by atoms with Crippen LogP contribution in [0.3, 0.4) is 0 Å². The van der Waals surface area contributed by atoms with E-state index in [9.17, 15) is 19.7 Å². The summed E-state index contributed by atoms with van der Waals surface area (Å²) >= 11 is 0. The monoisotopic (exact) mass is 369 g/mol. The Hall–Kier alpha value is -3.93. The molecule has 0 radical (unpaired) electrons. The second-order valence-corrected chi connectivity index (χ2v) is 5.37. The highest BCUT2D eigenvalue weighted by Crippen LogP contribution is 2.29. The van der Waals surface area contributed by atoms with Crippen molar-refractivity contribution in [2.24, 2.45) is 0 Å². The first-order valence-electron chi connectivity index (χ1n) is 7.70. The number of nitro groups is 1. The van der Waals surface area contributed by atoms with E-state index in [-0.39, 0.29) is 22.7 Å². The SMILES string of the molecule is COc1ccc([N+](=O)[O-])cc1NC(=O)C(C)OC(=O)c1ccc(C#N)cc1. The zero-order valence-corrected chi connectivity index (χ0v) is 14.5. The third-order valence-electron chi connectivity index (χ3n) is 3.55. The van der Waals surface area contributed by atoms with Gasteiger partial charge in [0.25, 0.3) is 11.6 Å². The smallest absolute Gasteiger partial charge is 0.338 e. The van der Waals surface area contributed by atoms with Gasteiger partial charge in [-0.15, -0.1) is 0 Å². The van der Waals surface area contributed by atoms with Gasteiger partial charge in [0.1, 0.15) is 5.75 Å². The van der Waals surface area contributed by atoms with Gasteiger partial charge in [0.15, 0.2) is 6.10 Å². The van der Waals surface area contributed by atoms with Crippen molar-refractivity contribution in [1.82, 2.24) is 0 Å². The van der Waals surface area contributed by atoms with E-state index >= 15 is 0 Å². The van der Waals surface area contributed by atoms with Gasteiger partial charge in [0.2, 0.25) is 0 Å². The summed E-state index contributed by atoms with van der Waals surface area (Å²) in [6.07, 6.45) is -1.17. The zero-order chi connectivity index (χ0) is 20.0. The van der Waals surface area contributed by atoms with E-state index in [0.717, 1.165) is 6.07 Å². The van der Waals surface area contributed by atoms with Crippen molar-refractivity contribution in [3.63, 3.8) is 0 Å². The molecule has 0 aliphatic carbocycles. The van der Waals surface area contributed by atoms with E-state index in [2.05, 4.69) is 5.32 Å². The molecule has 0 aliphatic rings. The molecule has 0 aromatic heterocycles. The van der Waals surface area contributed by atoms with Gasteiger partial charge in [-0.1, -0.05) is 0 Å². The maximum absolute atomic E-state index is 12.3. The molecule has 1 atom stereocenters. The molecule has 9 nitrogen and oxygen atoms in total. The number of ether oxygens (including phenoxy) is 2. The highest BCUT2D eigenvalue weighted by atomic mass is 16.6. The number of amides is 1. The molecule has 1 N–H and O–H groups in total. The Morgan fingerprint density at radius 3 is 2.44 bits per heavy atom. The van der Waals surface area contributed by atoms with Gasteiger partial charge in [-0.2, -0.15) is 5.26 Å². The van der Waals surface area contributed by atoms with E-state index in [0.29, 0.717) is 5.56 Å². The normalized spacial score (nSPS) is 11.0. The molecule has 2 aromatic rings. The number of benzene rings is 2. The first kappa shape index (κ1) is 19.4. The molecule has 0 saturated heterocycles. The van der Waals surface area contributed by atoms with Crippen molar-refractivity contribution < 1.29 is 24.0 Å². The van der Waals surface area contributed by atoms with Gasteiger partial charge in [-0.3, -0.25) is 14.9 Å². The van der Waals surface area contributed by atoms with Gasteiger partial charge in [-0.05, 0) is 37.3 Å². The second-order valence-electron chi connectivity index (χ2n) is 5.37.